The summed E-state index contributed by atoms with van der Waals surface area (Å²) in [6.45, 7) is 13.5. The molecule has 19 rings (SSSR count). The van der Waals surface area contributed by atoms with Crippen LogP contribution in [-0.4, -0.2) is 6.71 Å². The lowest BCUT2D eigenvalue weighted by Gasteiger charge is -2.46. The van der Waals surface area contributed by atoms with Crippen molar-refractivity contribution in [3.63, 3.8) is 0 Å². The van der Waals surface area contributed by atoms with Crippen LogP contribution in [0.5, 0.6) is 0 Å². The number of hydrogen-bond acceptors (Lipinski definition) is 3. The van der Waals surface area contributed by atoms with Gasteiger partial charge in [0.15, 0.2) is 0 Å². The van der Waals surface area contributed by atoms with Crippen LogP contribution in [0, 0.1) is 0 Å². The van der Waals surface area contributed by atoms with Crippen LogP contribution in [0.25, 0.3) is 111 Å². The zero-order valence-electron chi connectivity index (χ0n) is 65.2. The molecule has 0 aromatic heterocycles. The molecule has 0 radical (unpaired) electrons. The fourth-order valence-corrected chi connectivity index (χ4v) is 17.3. The van der Waals surface area contributed by atoms with Crippen LogP contribution in [0.15, 0.2) is 413 Å². The van der Waals surface area contributed by atoms with Gasteiger partial charge in [-0.2, -0.15) is 0 Å². The summed E-state index contributed by atoms with van der Waals surface area (Å²) in [5.74, 6) is 0. The van der Waals surface area contributed by atoms with Crippen molar-refractivity contribution >= 4 is 74.3 Å². The van der Waals surface area contributed by atoms with Crippen LogP contribution in [-0.2, 0) is 10.8 Å². The van der Waals surface area contributed by atoms with Gasteiger partial charge in [-0.05, 0) is 200 Å². The van der Waals surface area contributed by atoms with Crippen LogP contribution in [0.3, 0.4) is 0 Å². The smallest absolute Gasteiger partial charge is 0.252 e. The molecule has 0 bridgehead atoms. The Bertz CT molecular complexity index is 5930. The number of hydrogen-bond donors (Lipinski definition) is 0. The SMILES string of the molecule is CC(C)(C)c1ccc(-c2cc(-c3ccccc3)c(N3c4ccc(-c5ccccc5)cc4B4c5cc(-c6ccccc6)ccc5N(c5c(-c6ccccc6)cc(-c6ccc(C(C)(C)C)cc6)cc5-c5ccccc5)c5cc(N(c6ccc(-c7ccccc7)cc6)c6cccc(-c7ccccc7)c6)cc3c54)c(-c3ccccc3)c2)cc1. The molecule has 0 aliphatic carbocycles. The molecule has 544 valence electrons. The Morgan fingerprint density at radius 2 is 0.474 bits per heavy atom. The summed E-state index contributed by atoms with van der Waals surface area (Å²) in [6, 6.07) is 155. The van der Waals surface area contributed by atoms with Crippen LogP contribution < -0.4 is 31.1 Å². The van der Waals surface area contributed by atoms with E-state index in [0.29, 0.717) is 0 Å². The molecule has 0 N–H and O–H groups in total. The fraction of sp³-hybridized carbons (Fsp3) is 0.0727. The van der Waals surface area contributed by atoms with E-state index in [0.717, 1.165) is 162 Å². The molecule has 2 aliphatic heterocycles. The Balaban J connectivity index is 1.000. The molecule has 0 atom stereocenters. The minimum Gasteiger partial charge on any atom is -0.310 e. The molecule has 114 heavy (non-hydrogen) atoms. The summed E-state index contributed by atoms with van der Waals surface area (Å²) in [5.41, 5.74) is 38.2. The van der Waals surface area contributed by atoms with Gasteiger partial charge in [0.1, 0.15) is 0 Å². The maximum Gasteiger partial charge on any atom is 0.252 e. The lowest BCUT2D eigenvalue weighted by atomic mass is 9.33. The van der Waals surface area contributed by atoms with Crippen molar-refractivity contribution in [3.8, 4) is 111 Å². The first kappa shape index (κ1) is 70.6. The summed E-state index contributed by atoms with van der Waals surface area (Å²) >= 11 is 0. The monoisotopic (exact) mass is 1460 g/mol. The molecular weight excluding hydrogens is 1370 g/mol. The second kappa shape index (κ2) is 29.5. The summed E-state index contributed by atoms with van der Waals surface area (Å²) in [6.07, 6.45) is 0. The molecule has 17 aromatic rings. The van der Waals surface area contributed by atoms with Crippen molar-refractivity contribution in [2.24, 2.45) is 0 Å². The van der Waals surface area contributed by atoms with E-state index < -0.39 is 0 Å². The van der Waals surface area contributed by atoms with E-state index in [2.05, 4.69) is 469 Å². The summed E-state index contributed by atoms with van der Waals surface area (Å²) in [7, 11) is 0. The summed E-state index contributed by atoms with van der Waals surface area (Å²) in [4.78, 5) is 7.91. The average molecular weight is 1460 g/mol. The Kier molecular flexibility index (Phi) is 18.2. The maximum atomic E-state index is 2.70. The van der Waals surface area contributed by atoms with Crippen molar-refractivity contribution in [1.29, 1.82) is 0 Å². The van der Waals surface area contributed by atoms with Gasteiger partial charge in [0.25, 0.3) is 6.71 Å². The first-order valence-electron chi connectivity index (χ1n) is 39.9. The number of benzene rings is 17. The zero-order valence-corrected chi connectivity index (χ0v) is 65.2. The fourth-order valence-electron chi connectivity index (χ4n) is 17.3. The van der Waals surface area contributed by atoms with E-state index in [4.69, 9.17) is 0 Å². The Hall–Kier alpha value is -13.8. The van der Waals surface area contributed by atoms with Crippen molar-refractivity contribution in [2.75, 3.05) is 14.7 Å². The van der Waals surface area contributed by atoms with Gasteiger partial charge in [-0.1, -0.05) is 381 Å². The number of nitrogens with zero attached hydrogens (tertiary/aromatic N) is 3. The molecule has 0 spiro atoms. The van der Waals surface area contributed by atoms with Gasteiger partial charge in [0, 0.05) is 56.4 Å². The highest BCUT2D eigenvalue weighted by Gasteiger charge is 2.46. The molecule has 3 nitrogen and oxygen atoms in total. The minimum absolute atomic E-state index is 0.0277. The van der Waals surface area contributed by atoms with Gasteiger partial charge in [-0.25, -0.2) is 0 Å². The molecule has 4 heteroatoms. The maximum absolute atomic E-state index is 2.70. The van der Waals surface area contributed by atoms with E-state index in [9.17, 15) is 0 Å². The van der Waals surface area contributed by atoms with Crippen LogP contribution in [0.1, 0.15) is 52.7 Å². The third kappa shape index (κ3) is 13.3. The second-order valence-corrected chi connectivity index (χ2v) is 32.4. The lowest BCUT2D eigenvalue weighted by Crippen LogP contribution is -2.61. The highest BCUT2D eigenvalue weighted by atomic mass is 15.2. The number of fused-ring (bicyclic) bond motifs is 4. The molecule has 2 aliphatic rings. The highest BCUT2D eigenvalue weighted by Crippen LogP contribution is 2.57. The lowest BCUT2D eigenvalue weighted by molar-refractivity contribution is 0.590. The Labute approximate surface area is 671 Å². The van der Waals surface area contributed by atoms with Gasteiger partial charge in [-0.3, -0.25) is 0 Å². The van der Waals surface area contributed by atoms with Crippen molar-refractivity contribution in [2.45, 2.75) is 52.4 Å². The molecule has 0 fully saturated rings. The molecule has 0 unspecified atom stereocenters. The van der Waals surface area contributed by atoms with E-state index >= 15 is 0 Å². The Morgan fingerprint density at radius 3 is 0.807 bits per heavy atom. The van der Waals surface area contributed by atoms with Gasteiger partial charge >= 0.3 is 0 Å². The topological polar surface area (TPSA) is 9.72 Å². The number of rotatable bonds is 15. The normalized spacial score (nSPS) is 12.2. The molecular formula is C110H86BN3. The van der Waals surface area contributed by atoms with Crippen molar-refractivity contribution < 1.29 is 0 Å². The Morgan fingerprint density at radius 1 is 0.202 bits per heavy atom. The van der Waals surface area contributed by atoms with Gasteiger partial charge in [0.2, 0.25) is 0 Å². The van der Waals surface area contributed by atoms with E-state index in [1.54, 1.807) is 0 Å². The molecule has 0 saturated heterocycles. The van der Waals surface area contributed by atoms with Crippen molar-refractivity contribution in [3.05, 3.63) is 424 Å². The third-order valence-corrected chi connectivity index (χ3v) is 23.1. The highest BCUT2D eigenvalue weighted by molar-refractivity contribution is 7.00. The third-order valence-electron chi connectivity index (χ3n) is 23.1. The van der Waals surface area contributed by atoms with Crippen molar-refractivity contribution in [1.82, 2.24) is 0 Å². The van der Waals surface area contributed by atoms with Crippen LogP contribution in [0.4, 0.5) is 51.2 Å². The predicted octanol–water partition coefficient (Wildman–Crippen LogP) is 28.5. The van der Waals surface area contributed by atoms with Crippen LogP contribution >= 0.6 is 0 Å². The predicted molar refractivity (Wildman–Crippen MR) is 487 cm³/mol. The first-order valence-corrected chi connectivity index (χ1v) is 39.9. The summed E-state index contributed by atoms with van der Waals surface area (Å²) in [5, 5.41) is 0. The first-order chi connectivity index (χ1) is 55.8. The molecule has 17 aromatic carbocycles. The largest absolute Gasteiger partial charge is 0.310 e. The van der Waals surface area contributed by atoms with Crippen LogP contribution in [0.2, 0.25) is 0 Å². The minimum atomic E-state index is -0.323. The summed E-state index contributed by atoms with van der Waals surface area (Å²) < 4.78 is 0. The van der Waals surface area contributed by atoms with Gasteiger partial charge < -0.3 is 14.7 Å². The average Bonchev–Trinajstić information content (AvgIpc) is 0.685. The second-order valence-electron chi connectivity index (χ2n) is 32.4. The quantitative estimate of drug-likeness (QED) is 0.0947. The number of anilines is 9. The van der Waals surface area contributed by atoms with Gasteiger partial charge in [-0.15, -0.1) is 0 Å². The van der Waals surface area contributed by atoms with E-state index in [1.165, 1.54) is 27.5 Å². The molecule has 0 saturated carbocycles. The zero-order chi connectivity index (χ0) is 77.0. The van der Waals surface area contributed by atoms with E-state index in [-0.39, 0.29) is 17.5 Å². The standard InChI is InChI=1S/C110H86BN3/c1-109(2,3)91-58-50-80(51-59-91)89-67-96(82-40-23-11-24-41-82)107(97(68-89)83-42-25-12-26-43-83)113-102-64-56-87(77-36-19-9-20-37-77)71-100(102)111-101-72-88(78-38-21-10-22-39-78)57-65-103(101)114(108-98(84-44-27-13-28-45-84)69-90(70-99(108)85-46-29-14-30-47-85)81-52-60-92(61-53-81)110(4,5)6)105-74-95(73-104(113)106(105)111)112(93-62-54-79(55-63-93)75-32-15-7-16-33-75)94-49-31-48-86(66-94)76-34-17-8-18-35-76/h7-74H,1-6H3. The molecule has 2 heterocycles. The molecule has 0 amide bonds. The van der Waals surface area contributed by atoms with E-state index in [1.807, 2.05) is 0 Å². The van der Waals surface area contributed by atoms with Gasteiger partial charge in [0.05, 0.1) is 17.1 Å².